The van der Waals surface area contributed by atoms with E-state index in [2.05, 4.69) is 0 Å². The molecular weight excluding hydrogens is 540 g/mol. The molecule has 232 valence electrons. The number of carbonyl (C=O) groups excluding carboxylic acids is 5. The first kappa shape index (κ1) is 33.1. The van der Waals surface area contributed by atoms with Gasteiger partial charge in [0, 0.05) is 61.2 Å². The lowest BCUT2D eigenvalue weighted by molar-refractivity contribution is -0.156. The van der Waals surface area contributed by atoms with Gasteiger partial charge >= 0.3 is 11.9 Å². The second-order valence-electron chi connectivity index (χ2n) is 12.6. The van der Waals surface area contributed by atoms with Crippen molar-refractivity contribution in [3.05, 3.63) is 34.9 Å². The highest BCUT2D eigenvalue weighted by Gasteiger charge is 2.51. The summed E-state index contributed by atoms with van der Waals surface area (Å²) in [5, 5.41) is 11.3. The summed E-state index contributed by atoms with van der Waals surface area (Å²) in [6.45, 7) is 12.8. The molecule has 42 heavy (non-hydrogen) atoms. The van der Waals surface area contributed by atoms with E-state index in [9.17, 15) is 29.1 Å². The van der Waals surface area contributed by atoms with Crippen LogP contribution in [-0.4, -0.2) is 84.6 Å². The highest BCUT2D eigenvalue weighted by Crippen LogP contribution is 2.45. The average Bonchev–Trinajstić information content (AvgIpc) is 2.91. The number of nitrogens with zero attached hydrogens (tertiary/aromatic N) is 2. The average molecular weight is 587 g/mol. The number of carbonyl (C=O) groups is 5. The molecule has 0 aromatic carbocycles. The fourth-order valence-corrected chi connectivity index (χ4v) is 6.51. The Bertz CT molecular complexity index is 1220. The lowest BCUT2D eigenvalue weighted by Crippen LogP contribution is -2.53. The second kappa shape index (κ2) is 12.8. The van der Waals surface area contributed by atoms with E-state index < -0.39 is 46.3 Å². The molecule has 2 aliphatic carbocycles. The Morgan fingerprint density at radius 2 is 1.33 bits per heavy atom. The molecule has 1 heterocycles. The first-order valence-electron chi connectivity index (χ1n) is 14.8. The number of esters is 2. The number of aliphatic hydroxyl groups excluding tert-OH is 1. The topological polar surface area (TPSA) is 131 Å². The van der Waals surface area contributed by atoms with Crippen LogP contribution in [0, 0.1) is 28.6 Å². The minimum absolute atomic E-state index is 0.144. The van der Waals surface area contributed by atoms with Gasteiger partial charge in [-0.15, -0.1) is 0 Å². The number of ketones is 3. The molecule has 1 fully saturated rings. The molecule has 0 bridgehead atoms. The van der Waals surface area contributed by atoms with Crippen LogP contribution in [0.2, 0.25) is 0 Å². The van der Waals surface area contributed by atoms with Crippen molar-refractivity contribution in [2.75, 3.05) is 40.4 Å². The summed E-state index contributed by atoms with van der Waals surface area (Å²) in [6.07, 6.45) is 5.34. The lowest BCUT2D eigenvalue weighted by Gasteiger charge is -2.46. The molecule has 1 saturated heterocycles. The normalized spacial score (nSPS) is 25.4. The molecule has 10 heteroatoms. The Morgan fingerprint density at radius 1 is 0.833 bits per heavy atom. The summed E-state index contributed by atoms with van der Waals surface area (Å²) in [4.78, 5) is 69.5. The predicted octanol–water partition coefficient (Wildman–Crippen LogP) is 3.77. The lowest BCUT2D eigenvalue weighted by atomic mass is 9.66. The largest absolute Gasteiger partial charge is 0.511 e. The van der Waals surface area contributed by atoms with Crippen molar-refractivity contribution in [3.63, 3.8) is 0 Å². The van der Waals surface area contributed by atoms with Gasteiger partial charge in [0.05, 0.1) is 19.8 Å². The fourth-order valence-electron chi connectivity index (χ4n) is 6.51. The molecule has 10 nitrogen and oxygen atoms in total. The maximum absolute atomic E-state index is 13.7. The Labute approximate surface area is 248 Å². The number of hydrogen-bond donors (Lipinski definition) is 1. The molecular formula is C32H46N2O8. The van der Waals surface area contributed by atoms with Gasteiger partial charge in [0.15, 0.2) is 11.6 Å². The summed E-state index contributed by atoms with van der Waals surface area (Å²) in [7, 11) is 2.50. The van der Waals surface area contributed by atoms with Crippen LogP contribution < -0.4 is 0 Å². The standard InChI is InChI=1S/C32H46N2O8/c1-9-11-21(35)23-19(17-31(3,4)25(27(23)37)29(39)41-7)33-13-15-34(16-14-33)20-18-32(5,6)26(30(40)42-8)28(38)24(20)22(36)12-10-2/h17-18,23,25-26,38H,9-16H2,1-8H3/t23-,25+,26-/m1/s1. The minimum atomic E-state index is -1.07. The minimum Gasteiger partial charge on any atom is -0.511 e. The van der Waals surface area contributed by atoms with Crippen LogP contribution in [-0.2, 0) is 33.4 Å². The van der Waals surface area contributed by atoms with E-state index >= 15 is 0 Å². The molecule has 0 amide bonds. The third kappa shape index (κ3) is 6.17. The highest BCUT2D eigenvalue weighted by atomic mass is 16.5. The van der Waals surface area contributed by atoms with Crippen molar-refractivity contribution in [2.24, 2.45) is 28.6 Å². The quantitative estimate of drug-likeness (QED) is 0.298. The van der Waals surface area contributed by atoms with Crippen molar-refractivity contribution in [1.29, 1.82) is 0 Å². The molecule has 1 aliphatic heterocycles. The molecule has 3 aliphatic rings. The van der Waals surface area contributed by atoms with Gasteiger partial charge in [-0.1, -0.05) is 53.7 Å². The summed E-state index contributed by atoms with van der Waals surface area (Å²) in [6, 6.07) is 0. The number of rotatable bonds is 10. The Kier molecular flexibility index (Phi) is 10.1. The van der Waals surface area contributed by atoms with E-state index in [1.165, 1.54) is 14.2 Å². The zero-order chi connectivity index (χ0) is 31.6. The maximum Gasteiger partial charge on any atom is 0.317 e. The van der Waals surface area contributed by atoms with Crippen LogP contribution in [0.3, 0.4) is 0 Å². The van der Waals surface area contributed by atoms with Crippen molar-refractivity contribution in [2.45, 2.75) is 67.2 Å². The molecule has 0 unspecified atom stereocenters. The van der Waals surface area contributed by atoms with Crippen molar-refractivity contribution >= 4 is 29.3 Å². The molecule has 3 rings (SSSR count). The second-order valence-corrected chi connectivity index (χ2v) is 12.6. The van der Waals surface area contributed by atoms with Gasteiger partial charge in [-0.3, -0.25) is 24.0 Å². The van der Waals surface area contributed by atoms with Crippen LogP contribution in [0.5, 0.6) is 0 Å². The molecule has 0 radical (unpaired) electrons. The number of methoxy groups -OCH3 is 2. The van der Waals surface area contributed by atoms with Gasteiger partial charge in [0.1, 0.15) is 29.3 Å². The molecule has 1 N–H and O–H groups in total. The smallest absolute Gasteiger partial charge is 0.317 e. The van der Waals surface area contributed by atoms with Gasteiger partial charge in [-0.05, 0) is 12.8 Å². The monoisotopic (exact) mass is 586 g/mol. The van der Waals surface area contributed by atoms with Crippen molar-refractivity contribution in [1.82, 2.24) is 9.80 Å². The Balaban J connectivity index is 1.97. The van der Waals surface area contributed by atoms with Gasteiger partial charge in [-0.25, -0.2) is 0 Å². The van der Waals surface area contributed by atoms with Crippen molar-refractivity contribution in [3.8, 4) is 0 Å². The zero-order valence-electron chi connectivity index (χ0n) is 26.2. The number of ether oxygens (including phenoxy) is 2. The van der Waals surface area contributed by atoms with E-state index in [1.54, 1.807) is 13.8 Å². The van der Waals surface area contributed by atoms with Crippen LogP contribution in [0.4, 0.5) is 0 Å². The van der Waals surface area contributed by atoms with Gasteiger partial charge in [0.25, 0.3) is 0 Å². The van der Waals surface area contributed by atoms with Gasteiger partial charge < -0.3 is 24.4 Å². The van der Waals surface area contributed by atoms with Gasteiger partial charge in [0.2, 0.25) is 0 Å². The first-order valence-corrected chi connectivity index (χ1v) is 14.8. The van der Waals surface area contributed by atoms with Crippen LogP contribution >= 0.6 is 0 Å². The zero-order valence-corrected chi connectivity index (χ0v) is 26.2. The number of Topliss-reactive ketones (excluding diaryl/α,β-unsaturated/α-hetero) is 3. The Morgan fingerprint density at radius 3 is 1.86 bits per heavy atom. The van der Waals surface area contributed by atoms with Crippen LogP contribution in [0.15, 0.2) is 34.9 Å². The van der Waals surface area contributed by atoms with E-state index in [1.807, 2.05) is 49.6 Å². The fraction of sp³-hybridized carbons (Fsp3) is 0.656. The predicted molar refractivity (Wildman–Crippen MR) is 156 cm³/mol. The Hall–Kier alpha value is -3.43. The summed E-state index contributed by atoms with van der Waals surface area (Å²) < 4.78 is 9.90. The summed E-state index contributed by atoms with van der Waals surface area (Å²) in [5.41, 5.74) is -0.346. The summed E-state index contributed by atoms with van der Waals surface area (Å²) >= 11 is 0. The van der Waals surface area contributed by atoms with Crippen LogP contribution in [0.1, 0.15) is 67.2 Å². The third-order valence-corrected chi connectivity index (χ3v) is 8.60. The molecule has 0 aromatic heterocycles. The van der Waals surface area contributed by atoms with Gasteiger partial charge in [-0.2, -0.15) is 0 Å². The number of allylic oxidation sites excluding steroid dienone is 4. The van der Waals surface area contributed by atoms with E-state index in [0.717, 1.165) is 0 Å². The number of hydrogen-bond acceptors (Lipinski definition) is 10. The molecule has 3 atom stereocenters. The van der Waals surface area contributed by atoms with Crippen molar-refractivity contribution < 1.29 is 38.6 Å². The third-order valence-electron chi connectivity index (χ3n) is 8.60. The van der Waals surface area contributed by atoms with E-state index in [4.69, 9.17) is 9.47 Å². The molecule has 0 saturated carbocycles. The first-order chi connectivity index (χ1) is 19.7. The molecule has 0 aromatic rings. The maximum atomic E-state index is 13.7. The highest BCUT2D eigenvalue weighted by molar-refractivity contribution is 6.13. The number of piperazine rings is 1. The van der Waals surface area contributed by atoms with Crippen LogP contribution in [0.25, 0.3) is 0 Å². The number of aliphatic hydroxyl groups is 1. The van der Waals surface area contributed by atoms with E-state index in [0.29, 0.717) is 50.4 Å². The SMILES string of the molecule is CCCC(=O)C1=C(O)[C@H](C(=O)OC)C(C)(C)C=C1N1CCN(C2=CC(C)(C)[C@H](C(=O)OC)C(=O)[C@H]2C(=O)CCC)CC1. The summed E-state index contributed by atoms with van der Waals surface area (Å²) in [5.74, 6) is -5.54. The van der Waals surface area contributed by atoms with E-state index in [-0.39, 0.29) is 35.7 Å². The molecule has 0 spiro atoms.